The minimum absolute atomic E-state index is 0.275. The Hall–Kier alpha value is -1.46. The molecule has 4 nitrogen and oxygen atoms in total. The molecule has 0 unspecified atom stereocenters. The number of nitrogens with zero attached hydrogens (tertiary/aromatic N) is 3. The van der Waals surface area contributed by atoms with Crippen LogP contribution in [0.25, 0.3) is 11.1 Å². The lowest BCUT2D eigenvalue weighted by molar-refractivity contribution is 0.515. The molecule has 0 spiro atoms. The Bertz CT molecular complexity index is 558. The summed E-state index contributed by atoms with van der Waals surface area (Å²) in [5, 5.41) is 0. The molecule has 2 rings (SSSR count). The number of rotatable bonds is 4. The maximum Gasteiger partial charge on any atom is 0.225 e. The van der Waals surface area contributed by atoms with E-state index in [0.29, 0.717) is 12.5 Å². The summed E-state index contributed by atoms with van der Waals surface area (Å²) in [4.78, 5) is 10.8. The summed E-state index contributed by atoms with van der Waals surface area (Å²) < 4.78 is 1.06. The first-order valence-electron chi connectivity index (χ1n) is 6.43. The van der Waals surface area contributed by atoms with Gasteiger partial charge in [-0.3, -0.25) is 0 Å². The fraction of sp³-hybridized carbons (Fsp3) is 0.333. The lowest BCUT2D eigenvalue weighted by Gasteiger charge is -2.26. The highest BCUT2D eigenvalue weighted by Crippen LogP contribution is 2.21. The highest BCUT2D eigenvalue weighted by atomic mass is 79.9. The van der Waals surface area contributed by atoms with Crippen LogP contribution in [0, 0.1) is 0 Å². The summed E-state index contributed by atoms with van der Waals surface area (Å²) in [6, 6.07) is 8.09. The second kappa shape index (κ2) is 5.89. The number of likely N-dealkylation sites (N-methyl/N-ethyl adjacent to an activating group) is 1. The molecule has 0 aliphatic rings. The van der Waals surface area contributed by atoms with Crippen LogP contribution >= 0.6 is 15.9 Å². The van der Waals surface area contributed by atoms with E-state index in [1.807, 2.05) is 62.5 Å². The quantitative estimate of drug-likeness (QED) is 0.933. The summed E-state index contributed by atoms with van der Waals surface area (Å²) in [5.74, 6) is 0.685. The summed E-state index contributed by atoms with van der Waals surface area (Å²) in [6.07, 6.45) is 3.68. The monoisotopic (exact) mass is 334 g/mol. The molecule has 20 heavy (non-hydrogen) atoms. The van der Waals surface area contributed by atoms with Gasteiger partial charge < -0.3 is 10.6 Å². The van der Waals surface area contributed by atoms with E-state index in [-0.39, 0.29) is 5.54 Å². The third kappa shape index (κ3) is 4.02. The highest BCUT2D eigenvalue weighted by molar-refractivity contribution is 9.10. The molecule has 0 aliphatic carbocycles. The van der Waals surface area contributed by atoms with E-state index in [2.05, 4.69) is 25.9 Å². The highest BCUT2D eigenvalue weighted by Gasteiger charge is 2.15. The van der Waals surface area contributed by atoms with Gasteiger partial charge in [0.25, 0.3) is 0 Å². The molecule has 1 aromatic heterocycles. The Labute approximate surface area is 128 Å². The van der Waals surface area contributed by atoms with E-state index in [9.17, 15) is 0 Å². The van der Waals surface area contributed by atoms with Crippen LogP contribution in [0.3, 0.4) is 0 Å². The van der Waals surface area contributed by atoms with Crippen molar-refractivity contribution in [3.63, 3.8) is 0 Å². The van der Waals surface area contributed by atoms with Crippen molar-refractivity contribution in [3.05, 3.63) is 41.1 Å². The Morgan fingerprint density at radius 3 is 2.15 bits per heavy atom. The number of aromatic nitrogens is 2. The first-order chi connectivity index (χ1) is 9.35. The first kappa shape index (κ1) is 14.9. The van der Waals surface area contributed by atoms with Crippen molar-refractivity contribution in [1.29, 1.82) is 0 Å². The minimum atomic E-state index is -0.275. The largest absolute Gasteiger partial charge is 0.342 e. The van der Waals surface area contributed by atoms with E-state index in [1.165, 1.54) is 0 Å². The standard InChI is InChI=1S/C15H19BrN4/c1-15(2,17)10-20(3)14-18-8-12(9-19-14)11-4-6-13(16)7-5-11/h4-9H,10,17H2,1-3H3. The molecule has 2 aromatic rings. The van der Waals surface area contributed by atoms with Crippen molar-refractivity contribution in [3.8, 4) is 11.1 Å². The van der Waals surface area contributed by atoms with Crippen molar-refractivity contribution in [2.24, 2.45) is 5.73 Å². The van der Waals surface area contributed by atoms with Crippen LogP contribution in [0.15, 0.2) is 41.1 Å². The van der Waals surface area contributed by atoms with Gasteiger partial charge >= 0.3 is 0 Å². The van der Waals surface area contributed by atoms with Gasteiger partial charge in [-0.1, -0.05) is 28.1 Å². The normalized spacial score (nSPS) is 11.4. The summed E-state index contributed by atoms with van der Waals surface area (Å²) in [6.45, 7) is 4.67. The number of hydrogen-bond acceptors (Lipinski definition) is 4. The topological polar surface area (TPSA) is 55.0 Å². The Kier molecular flexibility index (Phi) is 4.40. The van der Waals surface area contributed by atoms with Crippen LogP contribution in [-0.2, 0) is 0 Å². The molecule has 1 heterocycles. The van der Waals surface area contributed by atoms with Gasteiger partial charge in [-0.05, 0) is 31.5 Å². The molecule has 5 heteroatoms. The second-order valence-electron chi connectivity index (χ2n) is 5.62. The van der Waals surface area contributed by atoms with Gasteiger partial charge in [0.2, 0.25) is 5.95 Å². The molecule has 0 amide bonds. The van der Waals surface area contributed by atoms with Crippen LogP contribution in [0.4, 0.5) is 5.95 Å². The van der Waals surface area contributed by atoms with Gasteiger partial charge in [-0.2, -0.15) is 0 Å². The molecule has 0 radical (unpaired) electrons. The summed E-state index contributed by atoms with van der Waals surface area (Å²) >= 11 is 3.43. The predicted molar refractivity (Wildman–Crippen MR) is 86.7 cm³/mol. The molecule has 106 valence electrons. The molecule has 0 atom stereocenters. The molecular weight excluding hydrogens is 316 g/mol. The molecular formula is C15H19BrN4. The van der Waals surface area contributed by atoms with Crippen LogP contribution in [0.1, 0.15) is 13.8 Å². The maximum atomic E-state index is 6.01. The average molecular weight is 335 g/mol. The molecule has 0 aliphatic heterocycles. The zero-order valence-electron chi connectivity index (χ0n) is 12.0. The lowest BCUT2D eigenvalue weighted by atomic mass is 10.1. The van der Waals surface area contributed by atoms with Crippen LogP contribution in [-0.4, -0.2) is 29.1 Å². The van der Waals surface area contributed by atoms with Crippen LogP contribution < -0.4 is 10.6 Å². The maximum absolute atomic E-state index is 6.01. The van der Waals surface area contributed by atoms with Crippen molar-refractivity contribution in [2.45, 2.75) is 19.4 Å². The van der Waals surface area contributed by atoms with Crippen LogP contribution in [0.5, 0.6) is 0 Å². The predicted octanol–water partition coefficient (Wildman–Crippen LogP) is 3.08. The molecule has 2 N–H and O–H groups in total. The number of hydrogen-bond donors (Lipinski definition) is 1. The van der Waals surface area contributed by atoms with Gasteiger partial charge in [0.1, 0.15) is 0 Å². The first-order valence-corrected chi connectivity index (χ1v) is 7.22. The van der Waals surface area contributed by atoms with Gasteiger partial charge in [0, 0.05) is 41.6 Å². The third-order valence-corrected chi connectivity index (χ3v) is 3.33. The molecule has 0 saturated carbocycles. The van der Waals surface area contributed by atoms with E-state index in [1.54, 1.807) is 0 Å². The van der Waals surface area contributed by atoms with E-state index in [4.69, 9.17) is 5.73 Å². The molecule has 0 saturated heterocycles. The number of anilines is 1. The molecule has 0 fully saturated rings. The number of benzene rings is 1. The van der Waals surface area contributed by atoms with Crippen molar-refractivity contribution in [2.75, 3.05) is 18.5 Å². The fourth-order valence-corrected chi connectivity index (χ4v) is 2.26. The minimum Gasteiger partial charge on any atom is -0.342 e. The SMILES string of the molecule is CN(CC(C)(C)N)c1ncc(-c2ccc(Br)cc2)cn1. The van der Waals surface area contributed by atoms with Crippen molar-refractivity contribution < 1.29 is 0 Å². The smallest absolute Gasteiger partial charge is 0.225 e. The second-order valence-corrected chi connectivity index (χ2v) is 6.54. The summed E-state index contributed by atoms with van der Waals surface area (Å²) in [7, 11) is 1.95. The van der Waals surface area contributed by atoms with E-state index in [0.717, 1.165) is 15.6 Å². The Morgan fingerprint density at radius 1 is 1.10 bits per heavy atom. The average Bonchev–Trinajstić information content (AvgIpc) is 2.38. The van der Waals surface area contributed by atoms with Gasteiger partial charge in [0.15, 0.2) is 0 Å². The zero-order valence-corrected chi connectivity index (χ0v) is 13.6. The lowest BCUT2D eigenvalue weighted by Crippen LogP contribution is -2.44. The van der Waals surface area contributed by atoms with Crippen molar-refractivity contribution in [1.82, 2.24) is 9.97 Å². The third-order valence-electron chi connectivity index (χ3n) is 2.80. The van der Waals surface area contributed by atoms with Crippen molar-refractivity contribution >= 4 is 21.9 Å². The zero-order chi connectivity index (χ0) is 14.8. The van der Waals surface area contributed by atoms with Gasteiger partial charge in [0.05, 0.1) is 0 Å². The molecule has 1 aromatic carbocycles. The van der Waals surface area contributed by atoms with Gasteiger partial charge in [-0.25, -0.2) is 9.97 Å². The Balaban J connectivity index is 2.16. The molecule has 0 bridgehead atoms. The fourth-order valence-electron chi connectivity index (χ4n) is 1.99. The summed E-state index contributed by atoms with van der Waals surface area (Å²) in [5.41, 5.74) is 7.83. The number of halogens is 1. The Morgan fingerprint density at radius 2 is 1.65 bits per heavy atom. The van der Waals surface area contributed by atoms with Gasteiger partial charge in [-0.15, -0.1) is 0 Å². The number of nitrogens with two attached hydrogens (primary N) is 1. The van der Waals surface area contributed by atoms with Crippen LogP contribution in [0.2, 0.25) is 0 Å². The van der Waals surface area contributed by atoms with E-state index < -0.39 is 0 Å². The van der Waals surface area contributed by atoms with E-state index >= 15 is 0 Å².